The number of nitrogens with zero attached hydrogens (tertiary/aromatic N) is 3. The van der Waals surface area contributed by atoms with E-state index in [2.05, 4.69) is 9.97 Å². The number of thiazole rings is 1. The first-order valence-corrected chi connectivity index (χ1v) is 8.75. The molecule has 1 amide bonds. The molecule has 1 aliphatic rings. The number of pyridine rings is 1. The number of hydrogen-bond acceptors (Lipinski definition) is 5. The zero-order valence-electron chi connectivity index (χ0n) is 13.5. The third-order valence-corrected chi connectivity index (χ3v) is 4.92. The van der Waals surface area contributed by atoms with Crippen LogP contribution in [0.3, 0.4) is 0 Å². The van der Waals surface area contributed by atoms with Crippen LogP contribution in [0, 0.1) is 13.8 Å². The van der Waals surface area contributed by atoms with Gasteiger partial charge in [0.15, 0.2) is 0 Å². The number of ether oxygens (including phenoxy) is 1. The second-order valence-corrected chi connectivity index (χ2v) is 6.78. The fourth-order valence-electron chi connectivity index (χ4n) is 2.77. The van der Waals surface area contributed by atoms with Crippen molar-refractivity contribution >= 4 is 17.2 Å². The molecule has 23 heavy (non-hydrogen) atoms. The third kappa shape index (κ3) is 3.95. The van der Waals surface area contributed by atoms with E-state index in [-0.39, 0.29) is 12.0 Å². The fraction of sp³-hybridized carbons (Fsp3) is 0.471. The van der Waals surface area contributed by atoms with Gasteiger partial charge in [-0.15, -0.1) is 11.3 Å². The predicted octanol–water partition coefficient (Wildman–Crippen LogP) is 2.98. The average molecular weight is 331 g/mol. The van der Waals surface area contributed by atoms with Crippen molar-refractivity contribution in [2.24, 2.45) is 0 Å². The number of amides is 1. The minimum absolute atomic E-state index is 0.000969. The SMILES string of the molecule is Cc1csc(CN(CC2CCCO2)C(=O)c2cccnc2C)n1. The summed E-state index contributed by atoms with van der Waals surface area (Å²) in [5.41, 5.74) is 2.40. The van der Waals surface area contributed by atoms with Crippen molar-refractivity contribution < 1.29 is 9.53 Å². The van der Waals surface area contributed by atoms with Crippen molar-refractivity contribution in [1.82, 2.24) is 14.9 Å². The van der Waals surface area contributed by atoms with Crippen LogP contribution in [-0.4, -0.2) is 40.0 Å². The highest BCUT2D eigenvalue weighted by Crippen LogP contribution is 2.19. The molecule has 0 bridgehead atoms. The van der Waals surface area contributed by atoms with Crippen molar-refractivity contribution in [3.8, 4) is 0 Å². The lowest BCUT2D eigenvalue weighted by molar-refractivity contribution is 0.0506. The first-order chi connectivity index (χ1) is 11.1. The highest BCUT2D eigenvalue weighted by atomic mass is 32.1. The van der Waals surface area contributed by atoms with Crippen LogP contribution in [0.5, 0.6) is 0 Å². The normalized spacial score (nSPS) is 17.4. The monoisotopic (exact) mass is 331 g/mol. The summed E-state index contributed by atoms with van der Waals surface area (Å²) >= 11 is 1.59. The molecule has 1 fully saturated rings. The first kappa shape index (κ1) is 16.1. The highest BCUT2D eigenvalue weighted by molar-refractivity contribution is 7.09. The summed E-state index contributed by atoms with van der Waals surface area (Å²) in [6, 6.07) is 3.64. The maximum absolute atomic E-state index is 13.0. The average Bonchev–Trinajstić information content (AvgIpc) is 3.18. The van der Waals surface area contributed by atoms with E-state index in [0.29, 0.717) is 18.7 Å². The molecule has 1 unspecified atom stereocenters. The summed E-state index contributed by atoms with van der Waals surface area (Å²) in [6.07, 6.45) is 3.90. The molecule has 0 saturated carbocycles. The Hall–Kier alpha value is -1.79. The van der Waals surface area contributed by atoms with E-state index in [1.165, 1.54) is 0 Å². The third-order valence-electron chi connectivity index (χ3n) is 3.97. The van der Waals surface area contributed by atoms with Crippen molar-refractivity contribution in [3.05, 3.63) is 45.7 Å². The number of rotatable bonds is 5. The Kier molecular flexibility index (Phi) is 5.03. The van der Waals surface area contributed by atoms with Crippen LogP contribution < -0.4 is 0 Å². The number of hydrogen-bond donors (Lipinski definition) is 0. The Labute approximate surface area is 140 Å². The van der Waals surface area contributed by atoms with Crippen LogP contribution in [0.4, 0.5) is 0 Å². The molecule has 0 aliphatic carbocycles. The molecule has 6 heteroatoms. The van der Waals surface area contributed by atoms with E-state index in [4.69, 9.17) is 4.74 Å². The molecule has 3 rings (SSSR count). The van der Waals surface area contributed by atoms with Crippen molar-refractivity contribution in [2.75, 3.05) is 13.2 Å². The van der Waals surface area contributed by atoms with Gasteiger partial charge in [-0.2, -0.15) is 0 Å². The number of carbonyl (C=O) groups is 1. The molecule has 0 N–H and O–H groups in total. The molecule has 3 heterocycles. The quantitative estimate of drug-likeness (QED) is 0.845. The van der Waals surface area contributed by atoms with E-state index >= 15 is 0 Å². The Bertz CT molecular complexity index is 680. The van der Waals surface area contributed by atoms with Crippen LogP contribution >= 0.6 is 11.3 Å². The molecule has 0 aromatic carbocycles. The van der Waals surface area contributed by atoms with Gasteiger partial charge in [0.1, 0.15) is 5.01 Å². The Morgan fingerprint density at radius 1 is 1.48 bits per heavy atom. The van der Waals surface area contributed by atoms with Gasteiger partial charge < -0.3 is 9.64 Å². The Morgan fingerprint density at radius 2 is 2.35 bits per heavy atom. The molecule has 1 aliphatic heterocycles. The van der Waals surface area contributed by atoms with Crippen LogP contribution in [0.15, 0.2) is 23.7 Å². The van der Waals surface area contributed by atoms with E-state index in [1.54, 1.807) is 23.6 Å². The van der Waals surface area contributed by atoms with Crippen molar-refractivity contribution in [3.63, 3.8) is 0 Å². The number of aromatic nitrogens is 2. The van der Waals surface area contributed by atoms with Crippen molar-refractivity contribution in [1.29, 1.82) is 0 Å². The molecule has 5 nitrogen and oxygen atoms in total. The predicted molar refractivity (Wildman–Crippen MR) is 89.5 cm³/mol. The lowest BCUT2D eigenvalue weighted by Crippen LogP contribution is -2.37. The zero-order chi connectivity index (χ0) is 16.2. The second-order valence-electron chi connectivity index (χ2n) is 5.84. The summed E-state index contributed by atoms with van der Waals surface area (Å²) in [5, 5.41) is 2.97. The molecule has 2 aromatic heterocycles. The minimum atomic E-state index is -0.000969. The summed E-state index contributed by atoms with van der Waals surface area (Å²) in [6.45, 7) is 5.74. The standard InChI is InChI=1S/C17H21N3O2S/c1-12-11-23-16(19-12)10-20(9-14-5-4-8-22-14)17(21)15-6-3-7-18-13(15)2/h3,6-7,11,14H,4-5,8-10H2,1-2H3. The maximum Gasteiger partial charge on any atom is 0.256 e. The summed E-state index contributed by atoms with van der Waals surface area (Å²) in [4.78, 5) is 23.5. The molecule has 1 atom stereocenters. The van der Waals surface area contributed by atoms with Gasteiger partial charge in [0.05, 0.1) is 18.2 Å². The Balaban J connectivity index is 1.81. The van der Waals surface area contributed by atoms with E-state index in [9.17, 15) is 4.79 Å². The molecule has 122 valence electrons. The van der Waals surface area contributed by atoms with Crippen LogP contribution in [0.2, 0.25) is 0 Å². The zero-order valence-corrected chi connectivity index (χ0v) is 14.3. The second kappa shape index (κ2) is 7.19. The summed E-state index contributed by atoms with van der Waals surface area (Å²) in [5.74, 6) is -0.000969. The van der Waals surface area contributed by atoms with Gasteiger partial charge in [0.25, 0.3) is 5.91 Å². The van der Waals surface area contributed by atoms with Gasteiger partial charge in [-0.3, -0.25) is 9.78 Å². The minimum Gasteiger partial charge on any atom is -0.376 e. The molecule has 2 aromatic rings. The topological polar surface area (TPSA) is 55.3 Å². The van der Waals surface area contributed by atoms with Crippen LogP contribution in [0.1, 0.15) is 39.6 Å². The van der Waals surface area contributed by atoms with E-state index in [0.717, 1.165) is 35.8 Å². The molecular weight excluding hydrogens is 310 g/mol. The number of aryl methyl sites for hydroxylation is 2. The van der Waals surface area contributed by atoms with Crippen LogP contribution in [0.25, 0.3) is 0 Å². The van der Waals surface area contributed by atoms with Gasteiger partial charge in [-0.25, -0.2) is 4.98 Å². The largest absolute Gasteiger partial charge is 0.376 e. The molecule has 1 saturated heterocycles. The maximum atomic E-state index is 13.0. The van der Waals surface area contributed by atoms with Gasteiger partial charge in [-0.05, 0) is 38.8 Å². The van der Waals surface area contributed by atoms with Gasteiger partial charge in [-0.1, -0.05) is 0 Å². The smallest absolute Gasteiger partial charge is 0.256 e. The first-order valence-electron chi connectivity index (χ1n) is 7.87. The van der Waals surface area contributed by atoms with E-state index < -0.39 is 0 Å². The fourth-order valence-corrected chi connectivity index (χ4v) is 3.56. The van der Waals surface area contributed by atoms with Crippen LogP contribution in [-0.2, 0) is 11.3 Å². The molecule has 0 radical (unpaired) electrons. The molecular formula is C17H21N3O2S. The van der Waals surface area contributed by atoms with Crippen molar-refractivity contribution in [2.45, 2.75) is 39.3 Å². The van der Waals surface area contributed by atoms with Gasteiger partial charge in [0, 0.05) is 36.1 Å². The Morgan fingerprint density at radius 3 is 3.00 bits per heavy atom. The summed E-state index contributed by atoms with van der Waals surface area (Å²) < 4.78 is 5.72. The highest BCUT2D eigenvalue weighted by Gasteiger charge is 2.25. The number of carbonyl (C=O) groups excluding carboxylic acids is 1. The lowest BCUT2D eigenvalue weighted by Gasteiger charge is -2.25. The lowest BCUT2D eigenvalue weighted by atomic mass is 10.1. The molecule has 0 spiro atoms. The van der Waals surface area contributed by atoms with Gasteiger partial charge >= 0.3 is 0 Å². The van der Waals surface area contributed by atoms with Gasteiger partial charge in [0.2, 0.25) is 0 Å². The summed E-state index contributed by atoms with van der Waals surface area (Å²) in [7, 11) is 0. The van der Waals surface area contributed by atoms with E-state index in [1.807, 2.05) is 30.2 Å².